The van der Waals surface area contributed by atoms with Crippen LogP contribution >= 0.6 is 0 Å². The number of aryl methyl sites for hydroxylation is 1. The molecule has 2 heterocycles. The first kappa shape index (κ1) is 19.6. The lowest BCUT2D eigenvalue weighted by molar-refractivity contribution is 0.0515. The van der Waals surface area contributed by atoms with Crippen molar-refractivity contribution >= 4 is 17.7 Å². The first-order valence-corrected chi connectivity index (χ1v) is 8.45. The minimum atomic E-state index is -0.611. The van der Waals surface area contributed by atoms with Crippen LogP contribution in [0.15, 0.2) is 18.5 Å². The Bertz CT molecular complexity index is 735. The van der Waals surface area contributed by atoms with Gasteiger partial charge < -0.3 is 19.2 Å². The molecule has 1 aliphatic rings. The third-order valence-electron chi connectivity index (χ3n) is 3.41. The second-order valence-corrected chi connectivity index (χ2v) is 6.66. The van der Waals surface area contributed by atoms with Gasteiger partial charge in [0, 0.05) is 11.9 Å². The highest BCUT2D eigenvalue weighted by molar-refractivity contribution is 5.90. The normalized spacial score (nSPS) is 13.2. The summed E-state index contributed by atoms with van der Waals surface area (Å²) in [5.41, 5.74) is 0.558. The molecule has 0 saturated carbocycles. The molecule has 142 valence electrons. The minimum absolute atomic E-state index is 0.142. The van der Waals surface area contributed by atoms with Crippen molar-refractivity contribution < 1.29 is 23.8 Å². The molecule has 8 nitrogen and oxygen atoms in total. The van der Waals surface area contributed by atoms with Gasteiger partial charge in [-0.2, -0.15) is 0 Å². The molecule has 1 aromatic rings. The first-order chi connectivity index (χ1) is 12.2. The van der Waals surface area contributed by atoms with E-state index < -0.39 is 17.7 Å². The zero-order chi connectivity index (χ0) is 19.3. The molecule has 26 heavy (non-hydrogen) atoms. The summed E-state index contributed by atoms with van der Waals surface area (Å²) in [6, 6.07) is 1.68. The SMILES string of the molecule is CCOC(=O)c1ncc2c(cc[nH]c1C)N(C(=O)OC(C)(C)C)CCO2. The number of ether oxygens (including phenoxy) is 3. The molecule has 0 fully saturated rings. The zero-order valence-electron chi connectivity index (χ0n) is 15.8. The molecule has 1 amide bonds. The van der Waals surface area contributed by atoms with Crippen molar-refractivity contribution in [1.29, 1.82) is 0 Å². The van der Waals surface area contributed by atoms with Crippen LogP contribution in [0.1, 0.15) is 43.9 Å². The number of nitrogens with zero attached hydrogens (tertiary/aromatic N) is 2. The van der Waals surface area contributed by atoms with Crippen LogP contribution in [0.5, 0.6) is 5.75 Å². The Morgan fingerprint density at radius 3 is 2.77 bits per heavy atom. The molecule has 0 bridgehead atoms. The molecule has 1 aromatic heterocycles. The molecular formula is C18H25N3O5. The van der Waals surface area contributed by atoms with Crippen LogP contribution in [0.25, 0.3) is 0 Å². The number of rotatable bonds is 2. The van der Waals surface area contributed by atoms with Crippen LogP contribution in [0.3, 0.4) is 0 Å². The molecular weight excluding hydrogens is 338 g/mol. The van der Waals surface area contributed by atoms with Gasteiger partial charge in [0.2, 0.25) is 0 Å². The highest BCUT2D eigenvalue weighted by Crippen LogP contribution is 2.30. The van der Waals surface area contributed by atoms with Gasteiger partial charge in [-0.1, -0.05) is 0 Å². The molecule has 0 saturated heterocycles. The molecule has 8 heteroatoms. The number of carbonyl (C=O) groups is 2. The van der Waals surface area contributed by atoms with E-state index in [0.717, 1.165) is 0 Å². The summed E-state index contributed by atoms with van der Waals surface area (Å²) in [6.45, 7) is 9.75. The van der Waals surface area contributed by atoms with Crippen LogP contribution in [0.2, 0.25) is 0 Å². The third kappa shape index (κ3) is 4.87. The van der Waals surface area contributed by atoms with Crippen molar-refractivity contribution in [2.45, 2.75) is 40.2 Å². The summed E-state index contributed by atoms with van der Waals surface area (Å²) >= 11 is 0. The van der Waals surface area contributed by atoms with Crippen LogP contribution in [-0.2, 0) is 9.47 Å². The number of fused-ring (bicyclic) bond motifs is 1. The number of anilines is 1. The van der Waals surface area contributed by atoms with Gasteiger partial charge in [0.05, 0.1) is 25.0 Å². The maximum absolute atomic E-state index is 12.5. The van der Waals surface area contributed by atoms with Gasteiger partial charge in [0.15, 0.2) is 11.4 Å². The summed E-state index contributed by atoms with van der Waals surface area (Å²) in [5, 5.41) is 0. The molecule has 0 aliphatic carbocycles. The summed E-state index contributed by atoms with van der Waals surface area (Å²) in [4.78, 5) is 33.2. The van der Waals surface area contributed by atoms with E-state index in [4.69, 9.17) is 14.2 Å². The molecule has 1 aliphatic heterocycles. The average molecular weight is 363 g/mol. The predicted molar refractivity (Wildman–Crippen MR) is 96.0 cm³/mol. The number of esters is 1. The lowest BCUT2D eigenvalue weighted by Gasteiger charge is -2.30. The maximum Gasteiger partial charge on any atom is 0.415 e. The van der Waals surface area contributed by atoms with E-state index in [1.165, 1.54) is 11.1 Å². The summed E-state index contributed by atoms with van der Waals surface area (Å²) in [5.74, 6) is -0.164. The van der Waals surface area contributed by atoms with Crippen molar-refractivity contribution in [2.24, 2.45) is 0 Å². The van der Waals surface area contributed by atoms with Crippen LogP contribution in [0.4, 0.5) is 10.5 Å². The number of hydrogen-bond acceptors (Lipinski definition) is 6. The number of carbonyl (C=O) groups excluding carboxylic acids is 2. The quantitative estimate of drug-likeness (QED) is 0.811. The van der Waals surface area contributed by atoms with Crippen molar-refractivity contribution in [2.75, 3.05) is 24.7 Å². The van der Waals surface area contributed by atoms with Crippen LogP contribution < -0.4 is 9.64 Å². The second-order valence-electron chi connectivity index (χ2n) is 6.66. The number of hydrogen-bond donors (Lipinski definition) is 1. The Kier molecular flexibility index (Phi) is 6.07. The number of H-pyrrole nitrogens is 1. The molecule has 0 spiro atoms. The van der Waals surface area contributed by atoms with Crippen molar-refractivity contribution in [3.8, 4) is 5.75 Å². The van der Waals surface area contributed by atoms with Gasteiger partial charge >= 0.3 is 12.1 Å². The van der Waals surface area contributed by atoms with Crippen molar-refractivity contribution in [3.63, 3.8) is 0 Å². The Morgan fingerprint density at radius 1 is 1.38 bits per heavy atom. The zero-order valence-corrected chi connectivity index (χ0v) is 15.8. The molecule has 0 unspecified atom stereocenters. The van der Waals surface area contributed by atoms with Crippen molar-refractivity contribution in [3.05, 3.63) is 29.8 Å². The highest BCUT2D eigenvalue weighted by atomic mass is 16.6. The van der Waals surface area contributed by atoms with Crippen LogP contribution in [-0.4, -0.2) is 47.4 Å². The van der Waals surface area contributed by atoms with Gasteiger partial charge in [0.25, 0.3) is 0 Å². The highest BCUT2D eigenvalue weighted by Gasteiger charge is 2.28. The van der Waals surface area contributed by atoms with E-state index in [1.807, 2.05) is 20.8 Å². The fraction of sp³-hybridized carbons (Fsp3) is 0.500. The molecule has 2 rings (SSSR count). The molecule has 0 atom stereocenters. The second kappa shape index (κ2) is 8.07. The lowest BCUT2D eigenvalue weighted by Crippen LogP contribution is -2.41. The monoisotopic (exact) mass is 363 g/mol. The molecule has 0 radical (unpaired) electrons. The summed E-state index contributed by atoms with van der Waals surface area (Å²) in [6.07, 6.45) is 2.56. The fourth-order valence-corrected chi connectivity index (χ4v) is 2.30. The fourth-order valence-electron chi connectivity index (χ4n) is 2.30. The standard InChI is InChI=1S/C18H25N3O5/c1-6-24-16(22)15-12(2)19-8-7-13-14(11-20-15)25-10-9-21(13)17(23)26-18(3,4)5/h7-8,11,19H,6,9-10H2,1-5H3. The Morgan fingerprint density at radius 2 is 2.12 bits per heavy atom. The smallest absolute Gasteiger partial charge is 0.415 e. The maximum atomic E-state index is 12.5. The number of aromatic amines is 1. The van der Waals surface area contributed by atoms with E-state index in [0.29, 0.717) is 30.3 Å². The van der Waals surface area contributed by atoms with Gasteiger partial charge in [-0.15, -0.1) is 0 Å². The third-order valence-corrected chi connectivity index (χ3v) is 3.41. The molecule has 1 N–H and O–H groups in total. The Balaban J connectivity index is 2.49. The van der Waals surface area contributed by atoms with E-state index in [2.05, 4.69) is 9.97 Å². The van der Waals surface area contributed by atoms with Gasteiger partial charge in [-0.05, 0) is 40.7 Å². The summed E-state index contributed by atoms with van der Waals surface area (Å²) < 4.78 is 16.1. The van der Waals surface area contributed by atoms with E-state index in [1.54, 1.807) is 26.1 Å². The van der Waals surface area contributed by atoms with Crippen LogP contribution in [0, 0.1) is 6.92 Å². The Hall–Kier alpha value is -2.77. The first-order valence-electron chi connectivity index (χ1n) is 8.45. The van der Waals surface area contributed by atoms with E-state index in [-0.39, 0.29) is 12.3 Å². The van der Waals surface area contributed by atoms with Crippen molar-refractivity contribution in [1.82, 2.24) is 9.97 Å². The van der Waals surface area contributed by atoms with Gasteiger partial charge in [-0.25, -0.2) is 14.6 Å². The van der Waals surface area contributed by atoms with Gasteiger partial charge in [0.1, 0.15) is 12.2 Å². The largest absolute Gasteiger partial charge is 0.488 e. The predicted octanol–water partition coefficient (Wildman–Crippen LogP) is 3.15. The van der Waals surface area contributed by atoms with Gasteiger partial charge in [-0.3, -0.25) is 4.90 Å². The molecule has 0 aromatic carbocycles. The lowest BCUT2D eigenvalue weighted by atomic mass is 10.2. The van der Waals surface area contributed by atoms with E-state index in [9.17, 15) is 9.59 Å². The number of amides is 1. The number of nitrogens with one attached hydrogen (secondary N) is 1. The minimum Gasteiger partial charge on any atom is -0.488 e. The van der Waals surface area contributed by atoms with E-state index >= 15 is 0 Å². The summed E-state index contributed by atoms with van der Waals surface area (Å²) in [7, 11) is 0. The topological polar surface area (TPSA) is 93.8 Å². The number of aromatic nitrogens is 2. The Labute approximate surface area is 152 Å². The average Bonchev–Trinajstić information content (AvgIpc) is 2.61.